The quantitative estimate of drug-likeness (QED) is 0.662. The lowest BCUT2D eigenvalue weighted by molar-refractivity contribution is -0.141. The van der Waals surface area contributed by atoms with Crippen molar-refractivity contribution in [2.45, 2.75) is 43.4 Å². The second kappa shape index (κ2) is 5.97. The molecule has 2 unspecified atom stereocenters. The van der Waals surface area contributed by atoms with E-state index in [2.05, 4.69) is 43.0 Å². The molecule has 0 N–H and O–H groups in total. The van der Waals surface area contributed by atoms with E-state index in [1.807, 2.05) is 17.1 Å². The summed E-state index contributed by atoms with van der Waals surface area (Å²) in [5.41, 5.74) is 3.22. The Bertz CT molecular complexity index is 1090. The van der Waals surface area contributed by atoms with Crippen molar-refractivity contribution in [1.82, 2.24) is 24.5 Å². The molecule has 0 spiro atoms. The van der Waals surface area contributed by atoms with Crippen molar-refractivity contribution >= 4 is 28.2 Å². The summed E-state index contributed by atoms with van der Waals surface area (Å²) in [6.07, 6.45) is 9.65. The van der Waals surface area contributed by atoms with Crippen LogP contribution in [0.25, 0.3) is 16.6 Å². The average Bonchev–Trinajstić information content (AvgIpc) is 3.28. The Morgan fingerprint density at radius 1 is 0.966 bits per heavy atom. The van der Waals surface area contributed by atoms with Gasteiger partial charge in [-0.2, -0.15) is 10.2 Å². The predicted molar refractivity (Wildman–Crippen MR) is 111 cm³/mol. The number of hydrogen-bond donors (Lipinski definition) is 0. The van der Waals surface area contributed by atoms with Gasteiger partial charge in [-0.25, -0.2) is 4.68 Å². The van der Waals surface area contributed by atoms with E-state index in [4.69, 9.17) is 16.3 Å². The number of ether oxygens (including phenoxy) is 1. The molecule has 7 nitrogen and oxygen atoms in total. The Morgan fingerprint density at radius 3 is 2.52 bits per heavy atom. The topological polar surface area (TPSA) is 51.4 Å². The zero-order chi connectivity index (χ0) is 19.1. The van der Waals surface area contributed by atoms with Crippen LogP contribution in [0, 0.1) is 0 Å². The first kappa shape index (κ1) is 16.7. The molecular weight excluding hydrogens is 388 g/mol. The first-order valence-electron chi connectivity index (χ1n) is 10.6. The Labute approximate surface area is 173 Å². The smallest absolute Gasteiger partial charge is 0.103 e. The summed E-state index contributed by atoms with van der Waals surface area (Å²) in [5.74, 6) is 0. The van der Waals surface area contributed by atoms with Crippen molar-refractivity contribution in [2.24, 2.45) is 0 Å². The van der Waals surface area contributed by atoms with Crippen LogP contribution in [0.15, 0.2) is 30.7 Å². The van der Waals surface area contributed by atoms with Crippen molar-refractivity contribution in [1.29, 1.82) is 0 Å². The molecule has 2 bridgehead atoms. The molecule has 2 atom stereocenters. The SMILES string of the molecule is Clc1cc2cnn(-c3cnn(C4CC4)c3)c2cc1N1CC2CC(C1)N2C1COC1. The molecule has 1 saturated carbocycles. The fourth-order valence-corrected chi connectivity index (χ4v) is 5.58. The molecule has 1 aliphatic carbocycles. The van der Waals surface area contributed by atoms with Crippen LogP contribution in [0.5, 0.6) is 0 Å². The minimum absolute atomic E-state index is 0.569. The third-order valence-corrected chi connectivity index (χ3v) is 7.33. The summed E-state index contributed by atoms with van der Waals surface area (Å²) in [6, 6.07) is 6.70. The van der Waals surface area contributed by atoms with Crippen LogP contribution < -0.4 is 4.90 Å². The molecule has 0 radical (unpaired) electrons. The van der Waals surface area contributed by atoms with Gasteiger partial charge in [0.25, 0.3) is 0 Å². The molecule has 4 saturated heterocycles. The van der Waals surface area contributed by atoms with Gasteiger partial charge in [0.05, 0.1) is 60.1 Å². The van der Waals surface area contributed by atoms with E-state index in [9.17, 15) is 0 Å². The number of benzene rings is 1. The molecule has 5 aliphatic rings. The van der Waals surface area contributed by atoms with Gasteiger partial charge in [-0.15, -0.1) is 0 Å². The van der Waals surface area contributed by atoms with Crippen LogP contribution in [0.1, 0.15) is 25.3 Å². The molecule has 3 aromatic rings. The second-order valence-corrected chi connectivity index (χ2v) is 9.32. The summed E-state index contributed by atoms with van der Waals surface area (Å²) >= 11 is 6.72. The number of piperazine rings is 1. The summed E-state index contributed by atoms with van der Waals surface area (Å²) in [6.45, 7) is 3.86. The maximum absolute atomic E-state index is 6.72. The van der Waals surface area contributed by atoms with Crippen molar-refractivity contribution in [3.8, 4) is 5.69 Å². The van der Waals surface area contributed by atoms with Gasteiger partial charge >= 0.3 is 0 Å². The lowest BCUT2D eigenvalue weighted by Crippen LogP contribution is -2.74. The van der Waals surface area contributed by atoms with Gasteiger partial charge in [0.2, 0.25) is 0 Å². The van der Waals surface area contributed by atoms with Crippen LogP contribution in [-0.2, 0) is 4.74 Å². The molecule has 6 heterocycles. The minimum atomic E-state index is 0.569. The summed E-state index contributed by atoms with van der Waals surface area (Å²) < 4.78 is 9.47. The van der Waals surface area contributed by atoms with E-state index in [1.54, 1.807) is 0 Å². The number of rotatable bonds is 4. The van der Waals surface area contributed by atoms with Crippen molar-refractivity contribution < 1.29 is 4.74 Å². The standard InChI is InChI=1S/C21H23ClN6O/c22-19-3-13-6-24-28(17-7-23-26(10-17)14-1-2-14)20(13)5-21(19)25-8-15-4-16(9-25)27(15)18-11-29-12-18/h3,5-7,10,14-16,18H,1-2,4,8-9,11-12H2. The summed E-state index contributed by atoms with van der Waals surface area (Å²) in [4.78, 5) is 5.13. The van der Waals surface area contributed by atoms with Gasteiger partial charge in [0.1, 0.15) is 5.69 Å². The van der Waals surface area contributed by atoms with Gasteiger partial charge < -0.3 is 9.64 Å². The Kier molecular flexibility index (Phi) is 3.43. The molecular formula is C21H23ClN6O. The molecule has 0 amide bonds. The zero-order valence-electron chi connectivity index (χ0n) is 16.1. The predicted octanol–water partition coefficient (Wildman–Crippen LogP) is 2.87. The second-order valence-electron chi connectivity index (χ2n) is 8.92. The highest BCUT2D eigenvalue weighted by atomic mass is 35.5. The fourth-order valence-electron chi connectivity index (χ4n) is 5.29. The van der Waals surface area contributed by atoms with E-state index < -0.39 is 0 Å². The van der Waals surface area contributed by atoms with Gasteiger partial charge in [0.15, 0.2) is 0 Å². The maximum Gasteiger partial charge on any atom is 0.103 e. The Hall–Kier alpha value is -2.09. The molecule has 2 aromatic heterocycles. The lowest BCUT2D eigenvalue weighted by atomic mass is 9.84. The maximum atomic E-state index is 6.72. The number of hydrogen-bond acceptors (Lipinski definition) is 5. The summed E-state index contributed by atoms with van der Waals surface area (Å²) in [5, 5.41) is 11.0. The molecule has 8 rings (SSSR count). The highest BCUT2D eigenvalue weighted by Crippen LogP contribution is 2.41. The van der Waals surface area contributed by atoms with E-state index >= 15 is 0 Å². The van der Waals surface area contributed by atoms with Crippen molar-refractivity contribution in [3.05, 3.63) is 35.7 Å². The monoisotopic (exact) mass is 410 g/mol. The normalized spacial score (nSPS) is 27.3. The van der Waals surface area contributed by atoms with Crippen molar-refractivity contribution in [3.63, 3.8) is 0 Å². The fraction of sp³-hybridized carbons (Fsp3) is 0.524. The number of piperidine rings is 1. The lowest BCUT2D eigenvalue weighted by Gasteiger charge is -2.61. The van der Waals surface area contributed by atoms with Gasteiger partial charge in [-0.3, -0.25) is 9.58 Å². The minimum Gasteiger partial charge on any atom is -0.378 e. The Morgan fingerprint density at radius 2 is 1.79 bits per heavy atom. The van der Waals surface area contributed by atoms with Gasteiger partial charge in [-0.1, -0.05) is 11.6 Å². The number of aromatic nitrogens is 4. The third kappa shape index (κ3) is 2.50. The summed E-state index contributed by atoms with van der Waals surface area (Å²) in [7, 11) is 0. The number of halogens is 1. The largest absolute Gasteiger partial charge is 0.378 e. The molecule has 4 aliphatic heterocycles. The van der Waals surface area contributed by atoms with Crippen LogP contribution in [-0.4, -0.2) is 68.9 Å². The highest BCUT2D eigenvalue weighted by Gasteiger charge is 2.49. The van der Waals surface area contributed by atoms with Gasteiger partial charge in [-0.05, 0) is 31.4 Å². The van der Waals surface area contributed by atoms with Crippen LogP contribution in [0.3, 0.4) is 0 Å². The van der Waals surface area contributed by atoms with E-state index in [0.29, 0.717) is 24.2 Å². The number of nitrogens with zero attached hydrogens (tertiary/aromatic N) is 6. The van der Waals surface area contributed by atoms with Gasteiger partial charge in [0, 0.05) is 30.6 Å². The molecule has 29 heavy (non-hydrogen) atoms. The molecule has 150 valence electrons. The van der Waals surface area contributed by atoms with E-state index in [-0.39, 0.29) is 0 Å². The number of anilines is 1. The van der Waals surface area contributed by atoms with Crippen LogP contribution >= 0.6 is 11.6 Å². The first-order chi connectivity index (χ1) is 14.2. The first-order valence-corrected chi connectivity index (χ1v) is 10.9. The van der Waals surface area contributed by atoms with E-state index in [0.717, 1.165) is 53.6 Å². The zero-order valence-corrected chi connectivity index (χ0v) is 16.9. The Balaban J connectivity index is 1.22. The third-order valence-electron chi connectivity index (χ3n) is 7.02. The van der Waals surface area contributed by atoms with Crippen LogP contribution in [0.2, 0.25) is 5.02 Å². The molecule has 8 heteroatoms. The molecule has 5 fully saturated rings. The molecule has 1 aromatic carbocycles. The average molecular weight is 411 g/mol. The number of fused-ring (bicyclic) bond motifs is 3. The van der Waals surface area contributed by atoms with Crippen LogP contribution in [0.4, 0.5) is 5.69 Å². The van der Waals surface area contributed by atoms with E-state index in [1.165, 1.54) is 19.3 Å². The highest BCUT2D eigenvalue weighted by molar-refractivity contribution is 6.34. The van der Waals surface area contributed by atoms with Crippen molar-refractivity contribution in [2.75, 3.05) is 31.2 Å².